The highest BCUT2D eigenvalue weighted by Gasteiger charge is 2.17. The molecule has 0 aromatic carbocycles. The topological polar surface area (TPSA) is 38.0 Å². The molecule has 0 saturated heterocycles. The van der Waals surface area contributed by atoms with Crippen molar-refractivity contribution in [1.29, 1.82) is 0 Å². The van der Waals surface area contributed by atoms with E-state index in [0.717, 1.165) is 24.1 Å². The monoisotopic (exact) mass is 206 g/mol. The smallest absolute Gasteiger partial charge is 0.117 e. The number of rotatable bonds is 2. The van der Waals surface area contributed by atoms with Crippen LogP contribution in [0.5, 0.6) is 0 Å². The lowest BCUT2D eigenvalue weighted by molar-refractivity contribution is 0.200. The average molecular weight is 206 g/mol. The van der Waals surface area contributed by atoms with Crippen LogP contribution in [-0.2, 0) is 7.05 Å². The summed E-state index contributed by atoms with van der Waals surface area (Å²) in [4.78, 5) is 0. The Kier molecular flexibility index (Phi) is 3.21. The number of aliphatic hydroxyl groups excluding tert-OH is 1. The summed E-state index contributed by atoms with van der Waals surface area (Å²) in [5.74, 6) is 0. The molecule has 0 amide bonds. The van der Waals surface area contributed by atoms with Gasteiger partial charge in [0.05, 0.1) is 5.69 Å². The van der Waals surface area contributed by atoms with E-state index in [-0.39, 0.29) is 0 Å². The van der Waals surface area contributed by atoms with Crippen molar-refractivity contribution >= 4 is 0 Å². The highest BCUT2D eigenvalue weighted by molar-refractivity contribution is 5.19. The first-order chi connectivity index (χ1) is 7.29. The summed E-state index contributed by atoms with van der Waals surface area (Å²) in [5.41, 5.74) is 2.05. The van der Waals surface area contributed by atoms with Crippen molar-refractivity contribution in [3.8, 4) is 0 Å². The molecule has 1 aliphatic carbocycles. The van der Waals surface area contributed by atoms with Gasteiger partial charge in [-0.25, -0.2) is 0 Å². The van der Waals surface area contributed by atoms with E-state index in [1.165, 1.54) is 19.3 Å². The number of allylic oxidation sites excluding steroid dienone is 1. The molecule has 2 rings (SSSR count). The maximum Gasteiger partial charge on any atom is 0.117 e. The molecule has 1 N–H and O–H groups in total. The first kappa shape index (κ1) is 10.4. The van der Waals surface area contributed by atoms with Gasteiger partial charge in [0.1, 0.15) is 6.10 Å². The van der Waals surface area contributed by atoms with Crippen molar-refractivity contribution in [2.24, 2.45) is 7.05 Å². The molecule has 1 aromatic rings. The molecule has 0 spiro atoms. The number of aryl methyl sites for hydroxylation is 1. The summed E-state index contributed by atoms with van der Waals surface area (Å²) in [7, 11) is 1.87. The molecule has 0 radical (unpaired) electrons. The molecular weight excluding hydrogens is 188 g/mol. The van der Waals surface area contributed by atoms with Gasteiger partial charge in [-0.1, -0.05) is 12.5 Å². The Bertz CT molecular complexity index is 354. The third kappa shape index (κ3) is 2.29. The van der Waals surface area contributed by atoms with Crippen molar-refractivity contribution in [1.82, 2.24) is 9.78 Å². The Morgan fingerprint density at radius 3 is 3.00 bits per heavy atom. The Labute approximate surface area is 90.4 Å². The molecule has 15 heavy (non-hydrogen) atoms. The van der Waals surface area contributed by atoms with Gasteiger partial charge in [0.25, 0.3) is 0 Å². The van der Waals surface area contributed by atoms with Crippen LogP contribution in [0, 0.1) is 0 Å². The van der Waals surface area contributed by atoms with E-state index in [2.05, 4.69) is 11.2 Å². The number of aliphatic hydroxyl groups is 1. The molecule has 1 atom stereocenters. The molecule has 0 saturated carbocycles. The van der Waals surface area contributed by atoms with Crippen LogP contribution in [0.1, 0.15) is 43.9 Å². The summed E-state index contributed by atoms with van der Waals surface area (Å²) in [6, 6.07) is 1.89. The van der Waals surface area contributed by atoms with E-state index in [4.69, 9.17) is 0 Å². The molecule has 82 valence electrons. The summed E-state index contributed by atoms with van der Waals surface area (Å²) >= 11 is 0. The van der Waals surface area contributed by atoms with Gasteiger partial charge in [0, 0.05) is 13.2 Å². The van der Waals surface area contributed by atoms with Crippen LogP contribution in [0.3, 0.4) is 0 Å². The highest BCUT2D eigenvalue weighted by Crippen LogP contribution is 2.28. The molecule has 3 nitrogen and oxygen atoms in total. The standard InChI is InChI=1S/C12H18N2O/c1-14-11(8-9-13-14)12(15)10-6-4-2-3-5-7-10/h6,8-9,12,15H,2-5,7H2,1H3. The fraction of sp³-hybridized carbons (Fsp3) is 0.583. The third-order valence-corrected chi connectivity index (χ3v) is 3.07. The molecule has 1 aromatic heterocycles. The minimum absolute atomic E-state index is 0.462. The second-order valence-corrected chi connectivity index (χ2v) is 4.16. The summed E-state index contributed by atoms with van der Waals surface area (Å²) < 4.78 is 1.75. The minimum atomic E-state index is -0.462. The van der Waals surface area contributed by atoms with E-state index >= 15 is 0 Å². The molecule has 0 bridgehead atoms. The largest absolute Gasteiger partial charge is 0.382 e. The zero-order valence-electron chi connectivity index (χ0n) is 9.19. The molecule has 0 aliphatic heterocycles. The zero-order valence-corrected chi connectivity index (χ0v) is 9.19. The quantitative estimate of drug-likeness (QED) is 0.754. The van der Waals surface area contributed by atoms with Gasteiger partial charge in [0.15, 0.2) is 0 Å². The molecule has 1 unspecified atom stereocenters. The van der Waals surface area contributed by atoms with E-state index in [9.17, 15) is 5.11 Å². The van der Waals surface area contributed by atoms with Crippen LogP contribution in [0.15, 0.2) is 23.9 Å². The normalized spacial score (nSPS) is 19.5. The van der Waals surface area contributed by atoms with Gasteiger partial charge in [-0.15, -0.1) is 0 Å². The van der Waals surface area contributed by atoms with E-state index in [0.29, 0.717) is 0 Å². The Balaban J connectivity index is 2.16. The first-order valence-corrected chi connectivity index (χ1v) is 5.64. The van der Waals surface area contributed by atoms with Crippen LogP contribution in [0.4, 0.5) is 0 Å². The number of hydrogen-bond donors (Lipinski definition) is 1. The van der Waals surface area contributed by atoms with E-state index in [1.54, 1.807) is 10.9 Å². The fourth-order valence-electron chi connectivity index (χ4n) is 2.13. The average Bonchev–Trinajstić information content (AvgIpc) is 2.53. The maximum atomic E-state index is 10.2. The number of hydrogen-bond acceptors (Lipinski definition) is 2. The van der Waals surface area contributed by atoms with Gasteiger partial charge in [-0.2, -0.15) is 5.10 Å². The van der Waals surface area contributed by atoms with E-state index in [1.807, 2.05) is 13.1 Å². The van der Waals surface area contributed by atoms with Crippen LogP contribution < -0.4 is 0 Å². The third-order valence-electron chi connectivity index (χ3n) is 3.07. The molecule has 0 fully saturated rings. The Morgan fingerprint density at radius 1 is 1.40 bits per heavy atom. The lowest BCUT2D eigenvalue weighted by Gasteiger charge is -2.14. The Hall–Kier alpha value is -1.09. The first-order valence-electron chi connectivity index (χ1n) is 5.64. The fourth-order valence-corrected chi connectivity index (χ4v) is 2.13. The predicted octanol–water partition coefficient (Wildman–Crippen LogP) is 2.34. The van der Waals surface area contributed by atoms with Gasteiger partial charge in [-0.3, -0.25) is 4.68 Å². The van der Waals surface area contributed by atoms with Gasteiger partial charge in [0.2, 0.25) is 0 Å². The van der Waals surface area contributed by atoms with Crippen molar-refractivity contribution in [3.63, 3.8) is 0 Å². The molecule has 3 heteroatoms. The maximum absolute atomic E-state index is 10.2. The lowest BCUT2D eigenvalue weighted by atomic mass is 10.0. The van der Waals surface area contributed by atoms with Crippen LogP contribution in [0.25, 0.3) is 0 Å². The van der Waals surface area contributed by atoms with Crippen LogP contribution in [-0.4, -0.2) is 14.9 Å². The second kappa shape index (κ2) is 4.62. The second-order valence-electron chi connectivity index (χ2n) is 4.16. The molecule has 1 heterocycles. The molecular formula is C12H18N2O. The van der Waals surface area contributed by atoms with Crippen molar-refractivity contribution in [2.45, 2.75) is 38.2 Å². The summed E-state index contributed by atoms with van der Waals surface area (Å²) in [5, 5.41) is 14.3. The van der Waals surface area contributed by atoms with Gasteiger partial charge in [-0.05, 0) is 37.3 Å². The Morgan fingerprint density at radius 2 is 2.27 bits per heavy atom. The van der Waals surface area contributed by atoms with Crippen molar-refractivity contribution in [3.05, 3.63) is 29.6 Å². The van der Waals surface area contributed by atoms with Crippen LogP contribution >= 0.6 is 0 Å². The zero-order chi connectivity index (χ0) is 10.7. The predicted molar refractivity (Wildman–Crippen MR) is 59.3 cm³/mol. The number of nitrogens with zero attached hydrogens (tertiary/aromatic N) is 2. The van der Waals surface area contributed by atoms with E-state index < -0.39 is 6.10 Å². The summed E-state index contributed by atoms with van der Waals surface area (Å²) in [6.07, 6.45) is 9.31. The highest BCUT2D eigenvalue weighted by atomic mass is 16.3. The van der Waals surface area contributed by atoms with Crippen LogP contribution in [0.2, 0.25) is 0 Å². The van der Waals surface area contributed by atoms with Crippen molar-refractivity contribution < 1.29 is 5.11 Å². The van der Waals surface area contributed by atoms with Gasteiger partial charge >= 0.3 is 0 Å². The number of aromatic nitrogens is 2. The summed E-state index contributed by atoms with van der Waals surface area (Å²) in [6.45, 7) is 0. The molecule has 1 aliphatic rings. The SMILES string of the molecule is Cn1nccc1C(O)C1=CCCCCC1. The lowest BCUT2D eigenvalue weighted by Crippen LogP contribution is -2.07. The van der Waals surface area contributed by atoms with Crippen molar-refractivity contribution in [2.75, 3.05) is 0 Å². The minimum Gasteiger partial charge on any atom is -0.382 e. The van der Waals surface area contributed by atoms with Gasteiger partial charge < -0.3 is 5.11 Å².